The molecule has 0 radical (unpaired) electrons. The molecule has 0 aliphatic heterocycles. The van der Waals surface area contributed by atoms with Gasteiger partial charge in [-0.3, -0.25) is 4.79 Å². The average Bonchev–Trinajstić information content (AvgIpc) is 2.33. The summed E-state index contributed by atoms with van der Waals surface area (Å²) in [6.07, 6.45) is 1.89. The van der Waals surface area contributed by atoms with Crippen LogP contribution in [0.4, 0.5) is 0 Å². The number of rotatable bonds is 6. The Balaban J connectivity index is 2.71. The van der Waals surface area contributed by atoms with Gasteiger partial charge in [0.25, 0.3) is 0 Å². The number of carboxylic acid groups (broad SMARTS) is 1. The maximum absolute atomic E-state index is 11.9. The van der Waals surface area contributed by atoms with E-state index in [9.17, 15) is 9.59 Å². The Morgan fingerprint density at radius 2 is 2.11 bits per heavy atom. The number of carbonyl (C=O) groups excluding carboxylic acids is 1. The molecule has 0 bridgehead atoms. The fourth-order valence-corrected chi connectivity index (χ4v) is 1.80. The van der Waals surface area contributed by atoms with E-state index >= 15 is 0 Å². The molecule has 1 unspecified atom stereocenters. The first-order chi connectivity index (χ1) is 8.93. The largest absolute Gasteiger partial charge is 0.480 e. The lowest BCUT2D eigenvalue weighted by Crippen LogP contribution is -2.41. The molecule has 0 heterocycles. The van der Waals surface area contributed by atoms with Crippen LogP contribution in [0.2, 0.25) is 0 Å². The summed E-state index contributed by atoms with van der Waals surface area (Å²) in [5, 5.41) is 11.5. The number of aryl methyl sites for hydroxylation is 2. The van der Waals surface area contributed by atoms with Gasteiger partial charge >= 0.3 is 5.97 Å². The van der Waals surface area contributed by atoms with Gasteiger partial charge in [0, 0.05) is 0 Å². The molecule has 1 rings (SSSR count). The maximum Gasteiger partial charge on any atom is 0.326 e. The van der Waals surface area contributed by atoms with Crippen molar-refractivity contribution < 1.29 is 14.7 Å². The van der Waals surface area contributed by atoms with Gasteiger partial charge in [-0.2, -0.15) is 0 Å². The lowest BCUT2D eigenvalue weighted by molar-refractivity contribution is -0.141. The summed E-state index contributed by atoms with van der Waals surface area (Å²) in [7, 11) is 0. The van der Waals surface area contributed by atoms with E-state index in [4.69, 9.17) is 5.11 Å². The molecule has 0 aliphatic rings. The van der Waals surface area contributed by atoms with Gasteiger partial charge in [-0.15, -0.1) is 6.58 Å². The summed E-state index contributed by atoms with van der Waals surface area (Å²) < 4.78 is 0. The van der Waals surface area contributed by atoms with Crippen molar-refractivity contribution in [2.75, 3.05) is 0 Å². The zero-order valence-corrected chi connectivity index (χ0v) is 11.3. The summed E-state index contributed by atoms with van der Waals surface area (Å²) in [5.74, 6) is -1.34. The summed E-state index contributed by atoms with van der Waals surface area (Å²) >= 11 is 0. The molecule has 1 aromatic rings. The molecule has 4 heteroatoms. The highest BCUT2D eigenvalue weighted by atomic mass is 16.4. The number of carbonyl (C=O) groups is 2. The van der Waals surface area contributed by atoms with Gasteiger partial charge in [-0.25, -0.2) is 4.79 Å². The van der Waals surface area contributed by atoms with E-state index in [1.807, 2.05) is 32.0 Å². The Labute approximate surface area is 113 Å². The van der Waals surface area contributed by atoms with Crippen LogP contribution >= 0.6 is 0 Å². The summed E-state index contributed by atoms with van der Waals surface area (Å²) in [6.45, 7) is 7.37. The molecule has 1 amide bonds. The third-order valence-corrected chi connectivity index (χ3v) is 2.89. The molecule has 0 spiro atoms. The molecule has 0 aromatic heterocycles. The molecular weight excluding hydrogens is 242 g/mol. The van der Waals surface area contributed by atoms with Gasteiger partial charge in [-0.05, 0) is 31.4 Å². The minimum Gasteiger partial charge on any atom is -0.480 e. The van der Waals surface area contributed by atoms with Gasteiger partial charge in [0.05, 0.1) is 6.42 Å². The SMILES string of the molecule is C=CCC(NC(=O)Cc1cc(C)ccc1C)C(=O)O. The van der Waals surface area contributed by atoms with Crippen LogP contribution in [0, 0.1) is 13.8 Å². The zero-order valence-electron chi connectivity index (χ0n) is 11.3. The lowest BCUT2D eigenvalue weighted by Gasteiger charge is -2.13. The first kappa shape index (κ1) is 15.0. The van der Waals surface area contributed by atoms with E-state index in [2.05, 4.69) is 11.9 Å². The van der Waals surface area contributed by atoms with Crippen LogP contribution in [0.3, 0.4) is 0 Å². The molecule has 2 N–H and O–H groups in total. The Bertz CT molecular complexity index is 494. The minimum absolute atomic E-state index is 0.189. The summed E-state index contributed by atoms with van der Waals surface area (Å²) in [6, 6.07) is 4.97. The van der Waals surface area contributed by atoms with Gasteiger partial charge in [-0.1, -0.05) is 29.8 Å². The monoisotopic (exact) mass is 261 g/mol. The number of benzene rings is 1. The van der Waals surface area contributed by atoms with E-state index in [1.54, 1.807) is 0 Å². The molecule has 1 atom stereocenters. The van der Waals surface area contributed by atoms with Crippen LogP contribution < -0.4 is 5.32 Å². The highest BCUT2D eigenvalue weighted by Crippen LogP contribution is 2.11. The number of amides is 1. The fraction of sp³-hybridized carbons (Fsp3) is 0.333. The van der Waals surface area contributed by atoms with Gasteiger partial charge < -0.3 is 10.4 Å². The van der Waals surface area contributed by atoms with Gasteiger partial charge in [0.2, 0.25) is 5.91 Å². The van der Waals surface area contributed by atoms with Crippen molar-refractivity contribution in [1.29, 1.82) is 0 Å². The number of hydrogen-bond donors (Lipinski definition) is 2. The van der Waals surface area contributed by atoms with Crippen molar-refractivity contribution in [3.05, 3.63) is 47.5 Å². The molecular formula is C15H19NO3. The second-order valence-electron chi connectivity index (χ2n) is 4.59. The number of carboxylic acids is 1. The quantitative estimate of drug-likeness (QED) is 0.770. The molecule has 102 valence electrons. The second-order valence-corrected chi connectivity index (χ2v) is 4.59. The van der Waals surface area contributed by atoms with E-state index in [0.29, 0.717) is 0 Å². The molecule has 0 saturated heterocycles. The standard InChI is InChI=1S/C15H19NO3/c1-4-5-13(15(18)19)16-14(17)9-12-8-10(2)6-7-11(12)3/h4,6-8,13H,1,5,9H2,2-3H3,(H,16,17)(H,18,19). The zero-order chi connectivity index (χ0) is 14.4. The van der Waals surface area contributed by atoms with Gasteiger partial charge in [0.1, 0.15) is 6.04 Å². The lowest BCUT2D eigenvalue weighted by atomic mass is 10.0. The number of aliphatic carboxylic acids is 1. The fourth-order valence-electron chi connectivity index (χ4n) is 1.80. The average molecular weight is 261 g/mol. The van der Waals surface area contributed by atoms with Crippen molar-refractivity contribution >= 4 is 11.9 Å². The highest BCUT2D eigenvalue weighted by Gasteiger charge is 2.18. The molecule has 0 fully saturated rings. The van der Waals surface area contributed by atoms with E-state index in [0.717, 1.165) is 16.7 Å². The predicted molar refractivity (Wildman–Crippen MR) is 74.0 cm³/mol. The van der Waals surface area contributed by atoms with Crippen molar-refractivity contribution in [2.24, 2.45) is 0 Å². The minimum atomic E-state index is -1.05. The van der Waals surface area contributed by atoms with Crippen molar-refractivity contribution in [1.82, 2.24) is 5.32 Å². The van der Waals surface area contributed by atoms with Crippen molar-refractivity contribution in [3.8, 4) is 0 Å². The number of nitrogens with one attached hydrogen (secondary N) is 1. The Morgan fingerprint density at radius 3 is 2.68 bits per heavy atom. The smallest absolute Gasteiger partial charge is 0.326 e. The summed E-state index contributed by atoms with van der Waals surface area (Å²) in [4.78, 5) is 22.8. The van der Waals surface area contributed by atoms with Crippen molar-refractivity contribution in [3.63, 3.8) is 0 Å². The van der Waals surface area contributed by atoms with Gasteiger partial charge in [0.15, 0.2) is 0 Å². The molecule has 0 saturated carbocycles. The van der Waals surface area contributed by atoms with Crippen LogP contribution in [-0.2, 0) is 16.0 Å². The third kappa shape index (κ3) is 4.58. The Kier molecular flexibility index (Phi) is 5.30. The normalized spacial score (nSPS) is 11.7. The topological polar surface area (TPSA) is 66.4 Å². The second kappa shape index (κ2) is 6.73. The van der Waals surface area contributed by atoms with Crippen LogP contribution in [0.25, 0.3) is 0 Å². The van der Waals surface area contributed by atoms with Crippen LogP contribution in [0.5, 0.6) is 0 Å². The van der Waals surface area contributed by atoms with E-state index in [1.165, 1.54) is 6.08 Å². The van der Waals surface area contributed by atoms with Crippen LogP contribution in [-0.4, -0.2) is 23.0 Å². The van der Waals surface area contributed by atoms with Crippen LogP contribution in [0.15, 0.2) is 30.9 Å². The maximum atomic E-state index is 11.9. The summed E-state index contributed by atoms with van der Waals surface area (Å²) in [5.41, 5.74) is 3.02. The predicted octanol–water partition coefficient (Wildman–Crippen LogP) is 1.99. The Hall–Kier alpha value is -2.10. The third-order valence-electron chi connectivity index (χ3n) is 2.89. The molecule has 1 aromatic carbocycles. The first-order valence-electron chi connectivity index (χ1n) is 6.13. The Morgan fingerprint density at radius 1 is 1.42 bits per heavy atom. The van der Waals surface area contributed by atoms with Crippen molar-refractivity contribution in [2.45, 2.75) is 32.7 Å². The first-order valence-corrected chi connectivity index (χ1v) is 6.13. The molecule has 19 heavy (non-hydrogen) atoms. The molecule has 0 aliphatic carbocycles. The molecule has 4 nitrogen and oxygen atoms in total. The van der Waals surface area contributed by atoms with E-state index < -0.39 is 12.0 Å². The van der Waals surface area contributed by atoms with E-state index in [-0.39, 0.29) is 18.7 Å². The van der Waals surface area contributed by atoms with Crippen LogP contribution in [0.1, 0.15) is 23.1 Å². The number of hydrogen-bond acceptors (Lipinski definition) is 2. The highest BCUT2D eigenvalue weighted by molar-refractivity contribution is 5.85.